The number of phenols is 4. The minimum absolute atomic E-state index is 0.116. The number of ether oxygens (including phenoxy) is 1. The Kier molecular flexibility index (Phi) is 3.25. The van der Waals surface area contributed by atoms with Crippen molar-refractivity contribution in [1.29, 1.82) is 0 Å². The Morgan fingerprint density at radius 2 is 1.52 bits per heavy atom. The van der Waals surface area contributed by atoms with Crippen LogP contribution in [0.1, 0.15) is 0 Å². The van der Waals surface area contributed by atoms with Gasteiger partial charge in [-0.1, -0.05) is 0 Å². The number of aromatic hydroxyl groups is 4. The summed E-state index contributed by atoms with van der Waals surface area (Å²) >= 11 is 0. The molecule has 0 aliphatic heterocycles. The normalized spacial score (nSPS) is 10.8. The van der Waals surface area contributed by atoms with Gasteiger partial charge in [0.25, 0.3) is 0 Å². The van der Waals surface area contributed by atoms with E-state index in [-0.39, 0.29) is 5.76 Å². The van der Waals surface area contributed by atoms with E-state index in [2.05, 4.69) is 0 Å². The molecule has 1 aromatic heterocycles. The lowest BCUT2D eigenvalue weighted by Gasteiger charge is -2.09. The van der Waals surface area contributed by atoms with Gasteiger partial charge in [0.2, 0.25) is 17.2 Å². The Balaban J connectivity index is 2.31. The molecule has 0 aliphatic carbocycles. The van der Waals surface area contributed by atoms with Crippen molar-refractivity contribution in [2.24, 2.45) is 0 Å². The summed E-state index contributed by atoms with van der Waals surface area (Å²) in [6.07, 6.45) is 0. The number of fused-ring (bicyclic) bond motifs is 1. The molecular weight excluding hydrogens is 304 g/mol. The Morgan fingerprint density at radius 3 is 2.13 bits per heavy atom. The minimum atomic E-state index is -0.987. The van der Waals surface area contributed by atoms with Crippen LogP contribution in [0, 0.1) is 0 Å². The van der Waals surface area contributed by atoms with Crippen molar-refractivity contribution in [2.75, 3.05) is 7.11 Å². The summed E-state index contributed by atoms with van der Waals surface area (Å²) in [5.41, 5.74) is -0.576. The third-order valence-electron chi connectivity index (χ3n) is 3.45. The molecule has 7 heteroatoms. The van der Waals surface area contributed by atoms with Crippen LogP contribution in [0.25, 0.3) is 22.3 Å². The van der Waals surface area contributed by atoms with Gasteiger partial charge in [0.1, 0.15) is 16.9 Å². The first-order valence-electron chi connectivity index (χ1n) is 6.52. The van der Waals surface area contributed by atoms with E-state index in [4.69, 9.17) is 9.15 Å². The molecule has 4 N–H and O–H groups in total. The minimum Gasteiger partial charge on any atom is -0.504 e. The zero-order valence-electron chi connectivity index (χ0n) is 11.9. The maximum atomic E-state index is 12.2. The number of benzene rings is 2. The average molecular weight is 316 g/mol. The summed E-state index contributed by atoms with van der Waals surface area (Å²) in [5, 5.41) is 38.3. The highest BCUT2D eigenvalue weighted by Crippen LogP contribution is 2.47. The van der Waals surface area contributed by atoms with E-state index in [1.807, 2.05) is 0 Å². The second kappa shape index (κ2) is 5.13. The SMILES string of the molecule is COc1ccc(-c2cc(=O)c3c(O)c(O)c(O)c(O)c3o2)cc1. The van der Waals surface area contributed by atoms with Crippen LogP contribution in [0.4, 0.5) is 0 Å². The van der Waals surface area contributed by atoms with Crippen molar-refractivity contribution in [3.8, 4) is 40.1 Å². The van der Waals surface area contributed by atoms with E-state index in [1.165, 1.54) is 7.11 Å². The maximum Gasteiger partial charge on any atom is 0.208 e. The number of hydrogen-bond acceptors (Lipinski definition) is 7. The van der Waals surface area contributed by atoms with E-state index in [0.29, 0.717) is 11.3 Å². The number of rotatable bonds is 2. The predicted molar refractivity (Wildman–Crippen MR) is 81.1 cm³/mol. The lowest BCUT2D eigenvalue weighted by Crippen LogP contribution is -2.01. The maximum absolute atomic E-state index is 12.2. The van der Waals surface area contributed by atoms with Gasteiger partial charge in [-0.05, 0) is 24.3 Å². The van der Waals surface area contributed by atoms with Crippen LogP contribution in [0.2, 0.25) is 0 Å². The van der Waals surface area contributed by atoms with Crippen molar-refractivity contribution in [1.82, 2.24) is 0 Å². The summed E-state index contributed by atoms with van der Waals surface area (Å²) in [6.45, 7) is 0. The van der Waals surface area contributed by atoms with Crippen molar-refractivity contribution in [2.45, 2.75) is 0 Å². The lowest BCUT2D eigenvalue weighted by molar-refractivity contribution is 0.347. The van der Waals surface area contributed by atoms with Crippen LogP contribution in [-0.2, 0) is 0 Å². The van der Waals surface area contributed by atoms with Gasteiger partial charge in [0.05, 0.1) is 7.11 Å². The van der Waals surface area contributed by atoms with Crippen molar-refractivity contribution >= 4 is 11.0 Å². The van der Waals surface area contributed by atoms with Gasteiger partial charge in [-0.2, -0.15) is 0 Å². The van der Waals surface area contributed by atoms with Gasteiger partial charge in [0, 0.05) is 11.6 Å². The van der Waals surface area contributed by atoms with Crippen LogP contribution in [0.3, 0.4) is 0 Å². The molecule has 0 atom stereocenters. The highest BCUT2D eigenvalue weighted by molar-refractivity contribution is 5.94. The van der Waals surface area contributed by atoms with E-state index in [1.54, 1.807) is 24.3 Å². The van der Waals surface area contributed by atoms with E-state index in [9.17, 15) is 25.2 Å². The summed E-state index contributed by atoms with van der Waals surface area (Å²) in [5.74, 6) is -2.91. The molecule has 0 saturated heterocycles. The Bertz CT molecular complexity index is 955. The fraction of sp³-hybridized carbons (Fsp3) is 0.0625. The Morgan fingerprint density at radius 1 is 0.913 bits per heavy atom. The van der Waals surface area contributed by atoms with E-state index < -0.39 is 39.4 Å². The quantitative estimate of drug-likeness (QED) is 0.423. The molecule has 0 radical (unpaired) electrons. The first-order chi connectivity index (χ1) is 10.9. The van der Waals surface area contributed by atoms with Gasteiger partial charge in [-0.25, -0.2) is 0 Å². The topological polar surface area (TPSA) is 120 Å². The van der Waals surface area contributed by atoms with Gasteiger partial charge < -0.3 is 29.6 Å². The van der Waals surface area contributed by atoms with Crippen molar-refractivity contribution < 1.29 is 29.6 Å². The molecule has 3 rings (SSSR count). The standard InChI is InChI=1S/C16H12O7/c1-22-8-4-2-7(3-5-8)10-6-9(17)11-12(18)13(19)14(20)15(21)16(11)23-10/h2-6,18-21H,1H3. The fourth-order valence-corrected chi connectivity index (χ4v) is 2.23. The van der Waals surface area contributed by atoms with E-state index in [0.717, 1.165) is 6.07 Å². The van der Waals surface area contributed by atoms with E-state index >= 15 is 0 Å². The highest BCUT2D eigenvalue weighted by atomic mass is 16.5. The van der Waals surface area contributed by atoms with Gasteiger partial charge in [-0.3, -0.25) is 4.79 Å². The third-order valence-corrected chi connectivity index (χ3v) is 3.45. The molecule has 0 bridgehead atoms. The molecule has 0 amide bonds. The zero-order chi connectivity index (χ0) is 16.7. The monoisotopic (exact) mass is 316 g/mol. The molecule has 118 valence electrons. The first-order valence-corrected chi connectivity index (χ1v) is 6.52. The smallest absolute Gasteiger partial charge is 0.208 e. The Hall–Kier alpha value is -3.35. The average Bonchev–Trinajstić information content (AvgIpc) is 2.57. The van der Waals surface area contributed by atoms with Crippen LogP contribution >= 0.6 is 0 Å². The lowest BCUT2D eigenvalue weighted by atomic mass is 10.1. The highest BCUT2D eigenvalue weighted by Gasteiger charge is 2.23. The molecular formula is C16H12O7. The van der Waals surface area contributed by atoms with Crippen LogP contribution < -0.4 is 10.2 Å². The van der Waals surface area contributed by atoms with Crippen molar-refractivity contribution in [3.05, 3.63) is 40.6 Å². The molecule has 0 fully saturated rings. The fourth-order valence-electron chi connectivity index (χ4n) is 2.23. The summed E-state index contributed by atoms with van der Waals surface area (Å²) in [6, 6.07) is 7.70. The first kappa shape index (κ1) is 14.6. The molecule has 0 aliphatic rings. The number of methoxy groups -OCH3 is 1. The third kappa shape index (κ3) is 2.18. The zero-order valence-corrected chi connectivity index (χ0v) is 11.9. The van der Waals surface area contributed by atoms with Gasteiger partial charge >= 0.3 is 0 Å². The summed E-state index contributed by atoms with van der Waals surface area (Å²) < 4.78 is 10.5. The van der Waals surface area contributed by atoms with Crippen LogP contribution in [0.15, 0.2) is 39.5 Å². The number of phenolic OH excluding ortho intramolecular Hbond substituents is 4. The second-order valence-corrected chi connectivity index (χ2v) is 4.80. The van der Waals surface area contributed by atoms with Crippen molar-refractivity contribution in [3.63, 3.8) is 0 Å². The predicted octanol–water partition coefficient (Wildman–Crippen LogP) is 2.29. The molecule has 0 spiro atoms. The molecule has 23 heavy (non-hydrogen) atoms. The number of hydrogen-bond donors (Lipinski definition) is 4. The largest absolute Gasteiger partial charge is 0.504 e. The van der Waals surface area contributed by atoms with Gasteiger partial charge in [0.15, 0.2) is 16.8 Å². The molecule has 0 saturated carbocycles. The molecule has 2 aromatic carbocycles. The molecule has 7 nitrogen and oxygen atoms in total. The van der Waals surface area contributed by atoms with Crippen LogP contribution in [-0.4, -0.2) is 27.5 Å². The second-order valence-electron chi connectivity index (χ2n) is 4.80. The molecule has 0 unspecified atom stereocenters. The van der Waals surface area contributed by atoms with Crippen LogP contribution in [0.5, 0.6) is 28.7 Å². The molecule has 1 heterocycles. The van der Waals surface area contributed by atoms with Gasteiger partial charge in [-0.15, -0.1) is 0 Å². The molecule has 3 aromatic rings. The Labute approximate surface area is 129 Å². The summed E-state index contributed by atoms with van der Waals surface area (Å²) in [7, 11) is 1.52. The summed E-state index contributed by atoms with van der Waals surface area (Å²) in [4.78, 5) is 12.2.